The Morgan fingerprint density at radius 1 is 1.03 bits per heavy atom. The van der Waals surface area contributed by atoms with Gasteiger partial charge >= 0.3 is 6.09 Å². The molecule has 2 aromatic rings. The number of nitrogens with zero attached hydrogens (tertiary/aromatic N) is 3. The summed E-state index contributed by atoms with van der Waals surface area (Å²) in [5, 5.41) is 0. The number of rotatable bonds is 4. The molecule has 0 N–H and O–H groups in total. The van der Waals surface area contributed by atoms with Gasteiger partial charge in [0.15, 0.2) is 0 Å². The number of carbonyl (C=O) groups is 2. The van der Waals surface area contributed by atoms with Crippen LogP contribution in [-0.2, 0) is 24.3 Å². The smallest absolute Gasteiger partial charge is 0.414 e. The molecule has 1 atom stereocenters. The van der Waals surface area contributed by atoms with Gasteiger partial charge in [-0.15, -0.1) is 0 Å². The van der Waals surface area contributed by atoms with E-state index in [0.29, 0.717) is 43.0 Å². The van der Waals surface area contributed by atoms with E-state index >= 15 is 0 Å². The number of hydrogen-bond donors (Lipinski definition) is 0. The summed E-state index contributed by atoms with van der Waals surface area (Å²) in [4.78, 5) is 29.1. The topological polar surface area (TPSA) is 96.5 Å². The van der Waals surface area contributed by atoms with Crippen LogP contribution in [0.25, 0.3) is 11.1 Å². The Kier molecular flexibility index (Phi) is 7.16. The molecule has 2 heterocycles. The number of amides is 2. The first-order valence-corrected chi connectivity index (χ1v) is 13.1. The molecule has 1 saturated heterocycles. The Morgan fingerprint density at radius 2 is 1.71 bits per heavy atom. The number of benzene rings is 2. The van der Waals surface area contributed by atoms with Gasteiger partial charge in [0, 0.05) is 40.4 Å². The predicted molar refractivity (Wildman–Crippen MR) is 133 cm³/mol. The van der Waals surface area contributed by atoms with E-state index in [1.807, 2.05) is 25.1 Å². The highest BCUT2D eigenvalue weighted by Gasteiger charge is 2.35. The van der Waals surface area contributed by atoms with Crippen molar-refractivity contribution in [2.24, 2.45) is 0 Å². The maximum absolute atomic E-state index is 13.2. The van der Waals surface area contributed by atoms with Crippen LogP contribution in [0.3, 0.4) is 0 Å². The molecular formula is C25H31N3O6S. The number of anilines is 2. The molecule has 2 aromatic carbocycles. The van der Waals surface area contributed by atoms with E-state index in [1.54, 1.807) is 34.1 Å². The molecule has 2 aliphatic rings. The zero-order valence-electron chi connectivity index (χ0n) is 20.4. The van der Waals surface area contributed by atoms with Crippen LogP contribution in [0.4, 0.5) is 16.2 Å². The first-order chi connectivity index (χ1) is 16.6. The van der Waals surface area contributed by atoms with Crippen LogP contribution in [0.5, 0.6) is 0 Å². The maximum atomic E-state index is 13.2. The average Bonchev–Trinajstić information content (AvgIpc) is 2.83. The van der Waals surface area contributed by atoms with Crippen LogP contribution in [0, 0.1) is 0 Å². The highest BCUT2D eigenvalue weighted by atomic mass is 32.2. The van der Waals surface area contributed by atoms with Crippen molar-refractivity contribution in [3.05, 3.63) is 42.5 Å². The molecule has 2 aliphatic heterocycles. The van der Waals surface area contributed by atoms with Crippen molar-refractivity contribution in [1.82, 2.24) is 4.31 Å². The molecule has 0 unspecified atom stereocenters. The van der Waals surface area contributed by atoms with Gasteiger partial charge in [-0.05, 0) is 42.3 Å². The number of fused-ring (bicyclic) bond motifs is 1. The van der Waals surface area contributed by atoms with Crippen LogP contribution < -0.4 is 9.80 Å². The summed E-state index contributed by atoms with van der Waals surface area (Å²) in [6, 6.07) is 11.9. The maximum Gasteiger partial charge on any atom is 0.414 e. The molecule has 4 rings (SSSR count). The largest absolute Gasteiger partial charge is 0.446 e. The van der Waals surface area contributed by atoms with Crippen molar-refractivity contribution >= 4 is 33.4 Å². The molecule has 1 fully saturated rings. The predicted octanol–water partition coefficient (Wildman–Crippen LogP) is 3.48. The molecule has 0 aliphatic carbocycles. The molecule has 0 bridgehead atoms. The number of carbonyl (C=O) groups excluding carboxylic acids is 2. The molecule has 0 aromatic heterocycles. The van der Waals surface area contributed by atoms with Crippen LogP contribution in [-0.4, -0.2) is 70.7 Å². The Hall–Kier alpha value is -2.95. The van der Waals surface area contributed by atoms with Crippen molar-refractivity contribution in [1.29, 1.82) is 0 Å². The van der Waals surface area contributed by atoms with Gasteiger partial charge in [-0.2, -0.15) is 0 Å². The first-order valence-electron chi connectivity index (χ1n) is 11.6. The third-order valence-corrected chi connectivity index (χ3v) is 8.17. The average molecular weight is 502 g/mol. The van der Waals surface area contributed by atoms with E-state index in [-0.39, 0.29) is 29.5 Å². The monoisotopic (exact) mass is 501 g/mol. The lowest BCUT2D eigenvalue weighted by molar-refractivity contribution is -0.117. The third-order valence-electron chi connectivity index (χ3n) is 6.35. The van der Waals surface area contributed by atoms with Gasteiger partial charge in [-0.25, -0.2) is 17.5 Å². The summed E-state index contributed by atoms with van der Waals surface area (Å²) in [7, 11) is -0.634. The second kappa shape index (κ2) is 9.96. The first kappa shape index (κ1) is 25.2. The second-order valence-electron chi connectivity index (χ2n) is 9.06. The molecule has 0 radical (unpaired) electrons. The Balaban J connectivity index is 1.74. The minimum atomic E-state index is -3.61. The van der Waals surface area contributed by atoms with Crippen molar-refractivity contribution in [2.75, 3.05) is 43.7 Å². The SMILES string of the molecule is CC(=O)N1c2ccc(-c3cccc(S(=O)(=O)N(C)C)c3)cc2N(C(=O)OC2CCOCC2)C[C@@H]1C. The van der Waals surface area contributed by atoms with E-state index in [0.717, 1.165) is 5.56 Å². The quantitative estimate of drug-likeness (QED) is 0.637. The Labute approximate surface area is 206 Å². The van der Waals surface area contributed by atoms with E-state index < -0.39 is 16.1 Å². The van der Waals surface area contributed by atoms with Gasteiger partial charge in [0.2, 0.25) is 15.9 Å². The van der Waals surface area contributed by atoms with Gasteiger partial charge in [-0.3, -0.25) is 9.69 Å². The van der Waals surface area contributed by atoms with Crippen molar-refractivity contribution < 1.29 is 27.5 Å². The summed E-state index contributed by atoms with van der Waals surface area (Å²) in [5.41, 5.74) is 2.57. The second-order valence-corrected chi connectivity index (χ2v) is 11.2. The van der Waals surface area contributed by atoms with Gasteiger partial charge in [0.1, 0.15) is 6.10 Å². The van der Waals surface area contributed by atoms with Crippen LogP contribution in [0.15, 0.2) is 47.4 Å². The van der Waals surface area contributed by atoms with Crippen molar-refractivity contribution in [3.8, 4) is 11.1 Å². The summed E-state index contributed by atoms with van der Waals surface area (Å²) in [6.45, 7) is 4.79. The minimum Gasteiger partial charge on any atom is -0.446 e. The molecule has 10 heteroatoms. The standard InChI is InChI=1S/C25H31N3O6S/c1-17-16-27(25(30)34-21-10-12-33-13-11-21)24-15-20(8-9-23(24)28(17)18(2)29)19-6-5-7-22(14-19)35(31,32)26(3)4/h5-9,14-15,17,21H,10-13,16H2,1-4H3/t17-/m0/s1. The number of sulfonamides is 1. The Morgan fingerprint density at radius 3 is 2.37 bits per heavy atom. The van der Waals surface area contributed by atoms with Crippen LogP contribution in [0.2, 0.25) is 0 Å². The minimum absolute atomic E-state index is 0.122. The summed E-state index contributed by atoms with van der Waals surface area (Å²) >= 11 is 0. The van der Waals surface area contributed by atoms with E-state index in [2.05, 4.69) is 0 Å². The van der Waals surface area contributed by atoms with E-state index in [4.69, 9.17) is 9.47 Å². The van der Waals surface area contributed by atoms with Crippen molar-refractivity contribution in [3.63, 3.8) is 0 Å². The van der Waals surface area contributed by atoms with Crippen molar-refractivity contribution in [2.45, 2.75) is 43.7 Å². The normalized spacial score (nSPS) is 18.9. The summed E-state index contributed by atoms with van der Waals surface area (Å²) in [5.74, 6) is -0.122. The fraction of sp³-hybridized carbons (Fsp3) is 0.440. The van der Waals surface area contributed by atoms with Gasteiger partial charge < -0.3 is 14.4 Å². The third kappa shape index (κ3) is 5.05. The highest BCUT2D eigenvalue weighted by molar-refractivity contribution is 7.89. The highest BCUT2D eigenvalue weighted by Crippen LogP contribution is 2.39. The van der Waals surface area contributed by atoms with Crippen LogP contribution in [0.1, 0.15) is 26.7 Å². The molecule has 188 valence electrons. The van der Waals surface area contributed by atoms with Gasteiger partial charge in [-0.1, -0.05) is 18.2 Å². The molecule has 0 spiro atoms. The number of hydrogen-bond acceptors (Lipinski definition) is 6. The fourth-order valence-corrected chi connectivity index (χ4v) is 5.45. The van der Waals surface area contributed by atoms with E-state index in [1.165, 1.54) is 25.3 Å². The van der Waals surface area contributed by atoms with Gasteiger partial charge in [0.25, 0.3) is 0 Å². The molecule has 2 amide bonds. The number of ether oxygens (including phenoxy) is 2. The lowest BCUT2D eigenvalue weighted by Crippen LogP contribution is -2.52. The summed E-state index contributed by atoms with van der Waals surface area (Å²) in [6.07, 6.45) is 0.620. The molecule has 0 saturated carbocycles. The molecular weight excluding hydrogens is 470 g/mol. The Bertz CT molecular complexity index is 1220. The zero-order valence-corrected chi connectivity index (χ0v) is 21.2. The zero-order chi connectivity index (χ0) is 25.3. The van der Waals surface area contributed by atoms with Crippen LogP contribution >= 0.6 is 0 Å². The van der Waals surface area contributed by atoms with Gasteiger partial charge in [0.05, 0.1) is 35.5 Å². The molecule has 35 heavy (non-hydrogen) atoms. The lowest BCUT2D eigenvalue weighted by Gasteiger charge is -2.41. The summed E-state index contributed by atoms with van der Waals surface area (Å²) < 4.78 is 37.6. The fourth-order valence-electron chi connectivity index (χ4n) is 4.50. The van der Waals surface area contributed by atoms with E-state index in [9.17, 15) is 18.0 Å². The molecule has 9 nitrogen and oxygen atoms in total. The lowest BCUT2D eigenvalue weighted by atomic mass is 10.0.